The number of rotatable bonds is 4. The van der Waals surface area contributed by atoms with Crippen molar-refractivity contribution in [2.75, 3.05) is 26.2 Å². The average molecular weight is 430 g/mol. The van der Waals surface area contributed by atoms with Crippen LogP contribution in [0.4, 0.5) is 13.2 Å². The zero-order chi connectivity index (χ0) is 22.0. The van der Waals surface area contributed by atoms with Gasteiger partial charge in [0.1, 0.15) is 0 Å². The first-order valence-electron chi connectivity index (χ1n) is 9.88. The van der Waals surface area contributed by atoms with Crippen LogP contribution in [0.25, 0.3) is 11.5 Å². The molecule has 0 radical (unpaired) electrons. The third-order valence-electron chi connectivity index (χ3n) is 5.23. The monoisotopic (exact) mass is 430 g/mol. The van der Waals surface area contributed by atoms with E-state index in [0.29, 0.717) is 44.4 Å². The molecular formula is C22H21F3N4O2. The van der Waals surface area contributed by atoms with Crippen molar-refractivity contribution in [2.45, 2.75) is 19.6 Å². The van der Waals surface area contributed by atoms with Gasteiger partial charge in [0.15, 0.2) is 5.82 Å². The van der Waals surface area contributed by atoms with Gasteiger partial charge in [-0.1, -0.05) is 28.9 Å². The number of carbonyl (C=O) groups excluding carboxylic acids is 1. The molecule has 1 aliphatic rings. The van der Waals surface area contributed by atoms with Crippen molar-refractivity contribution in [3.05, 3.63) is 71.0 Å². The summed E-state index contributed by atoms with van der Waals surface area (Å²) in [5.74, 6) is 0.605. The number of amides is 1. The molecule has 1 fully saturated rings. The molecule has 1 amide bonds. The van der Waals surface area contributed by atoms with E-state index < -0.39 is 17.6 Å². The van der Waals surface area contributed by atoms with Gasteiger partial charge in [-0.25, -0.2) is 0 Å². The lowest BCUT2D eigenvalue weighted by atomic mass is 10.1. The highest BCUT2D eigenvalue weighted by Crippen LogP contribution is 2.30. The topological polar surface area (TPSA) is 62.5 Å². The molecule has 31 heavy (non-hydrogen) atoms. The van der Waals surface area contributed by atoms with Crippen molar-refractivity contribution in [3.8, 4) is 11.5 Å². The number of carbonyl (C=O) groups is 1. The molecule has 0 atom stereocenters. The van der Waals surface area contributed by atoms with Gasteiger partial charge < -0.3 is 9.42 Å². The molecule has 1 aromatic heterocycles. The molecule has 1 saturated heterocycles. The van der Waals surface area contributed by atoms with E-state index in [4.69, 9.17) is 4.52 Å². The van der Waals surface area contributed by atoms with Crippen LogP contribution in [0.1, 0.15) is 27.3 Å². The van der Waals surface area contributed by atoms with Gasteiger partial charge in [0.25, 0.3) is 11.8 Å². The van der Waals surface area contributed by atoms with Crippen LogP contribution in [0.2, 0.25) is 0 Å². The van der Waals surface area contributed by atoms with E-state index in [1.165, 1.54) is 12.1 Å². The van der Waals surface area contributed by atoms with Crippen molar-refractivity contribution in [3.63, 3.8) is 0 Å². The Morgan fingerprint density at radius 2 is 1.77 bits per heavy atom. The Balaban J connectivity index is 1.34. The van der Waals surface area contributed by atoms with Gasteiger partial charge in [-0.2, -0.15) is 18.2 Å². The van der Waals surface area contributed by atoms with Crippen molar-refractivity contribution < 1.29 is 22.5 Å². The quantitative estimate of drug-likeness (QED) is 0.626. The third kappa shape index (κ3) is 4.93. The smallest absolute Gasteiger partial charge is 0.336 e. The van der Waals surface area contributed by atoms with Crippen molar-refractivity contribution in [1.29, 1.82) is 0 Å². The molecule has 0 unspecified atom stereocenters. The normalized spacial score (nSPS) is 15.3. The number of alkyl halides is 3. The highest BCUT2D eigenvalue weighted by Gasteiger charge is 2.31. The summed E-state index contributed by atoms with van der Waals surface area (Å²) in [6, 6.07) is 12.3. The highest BCUT2D eigenvalue weighted by atomic mass is 19.4. The maximum Gasteiger partial charge on any atom is 0.416 e. The van der Waals surface area contributed by atoms with Crippen LogP contribution in [0.15, 0.2) is 53.1 Å². The van der Waals surface area contributed by atoms with Gasteiger partial charge in [0.05, 0.1) is 12.1 Å². The van der Waals surface area contributed by atoms with E-state index in [1.807, 2.05) is 31.2 Å². The molecule has 162 valence electrons. The molecule has 6 nitrogen and oxygen atoms in total. The second-order valence-electron chi connectivity index (χ2n) is 7.53. The van der Waals surface area contributed by atoms with E-state index in [2.05, 4.69) is 15.0 Å². The standard InChI is InChI=1S/C22H21F3N4O2/c1-15-5-7-16(8-6-15)20-26-19(27-31-20)14-28-9-11-29(12-10-28)21(30)17-3-2-4-18(13-17)22(23,24)25/h2-8,13H,9-12,14H2,1H3. The molecular weight excluding hydrogens is 409 g/mol. The number of aromatic nitrogens is 2. The second kappa shape index (κ2) is 8.50. The van der Waals surface area contributed by atoms with E-state index in [-0.39, 0.29) is 5.56 Å². The van der Waals surface area contributed by atoms with Crippen molar-refractivity contribution in [2.24, 2.45) is 0 Å². The fourth-order valence-corrected chi connectivity index (χ4v) is 3.45. The molecule has 1 aliphatic heterocycles. The first-order chi connectivity index (χ1) is 14.8. The molecule has 0 spiro atoms. The van der Waals surface area contributed by atoms with E-state index in [1.54, 1.807) is 4.90 Å². The minimum atomic E-state index is -4.48. The number of aryl methyl sites for hydroxylation is 1. The Bertz CT molecular complexity index is 1060. The first kappa shape index (κ1) is 21.0. The molecule has 0 N–H and O–H groups in total. The number of hydrogen-bond donors (Lipinski definition) is 0. The Morgan fingerprint density at radius 3 is 2.45 bits per heavy atom. The van der Waals surface area contributed by atoms with Crippen LogP contribution in [-0.2, 0) is 12.7 Å². The Kier molecular flexibility index (Phi) is 5.77. The van der Waals surface area contributed by atoms with Gasteiger partial charge in [-0.15, -0.1) is 0 Å². The minimum Gasteiger partial charge on any atom is -0.336 e. The molecule has 0 aliphatic carbocycles. The number of benzene rings is 2. The lowest BCUT2D eigenvalue weighted by molar-refractivity contribution is -0.137. The van der Waals surface area contributed by atoms with Crippen LogP contribution in [0.3, 0.4) is 0 Å². The number of halogens is 3. The predicted molar refractivity (Wildman–Crippen MR) is 107 cm³/mol. The second-order valence-corrected chi connectivity index (χ2v) is 7.53. The fraction of sp³-hybridized carbons (Fsp3) is 0.318. The lowest BCUT2D eigenvalue weighted by Gasteiger charge is -2.34. The Labute approximate surface area is 177 Å². The summed E-state index contributed by atoms with van der Waals surface area (Å²) in [6.45, 7) is 4.44. The number of nitrogens with zero attached hydrogens (tertiary/aromatic N) is 4. The van der Waals surface area contributed by atoms with Gasteiger partial charge in [-0.3, -0.25) is 9.69 Å². The van der Waals surface area contributed by atoms with E-state index in [0.717, 1.165) is 23.3 Å². The SMILES string of the molecule is Cc1ccc(-c2nc(CN3CCN(C(=O)c4cccc(C(F)(F)F)c4)CC3)no2)cc1. The van der Waals surface area contributed by atoms with Gasteiger partial charge in [-0.05, 0) is 37.3 Å². The molecule has 9 heteroatoms. The summed E-state index contributed by atoms with van der Waals surface area (Å²) in [6.07, 6.45) is -4.48. The summed E-state index contributed by atoms with van der Waals surface area (Å²) < 4.78 is 44.1. The van der Waals surface area contributed by atoms with Crippen LogP contribution < -0.4 is 0 Å². The maximum absolute atomic E-state index is 12.9. The number of hydrogen-bond acceptors (Lipinski definition) is 5. The van der Waals surface area contributed by atoms with Gasteiger partial charge in [0.2, 0.25) is 0 Å². The summed E-state index contributed by atoms with van der Waals surface area (Å²) in [4.78, 5) is 20.7. The van der Waals surface area contributed by atoms with Crippen LogP contribution in [0.5, 0.6) is 0 Å². The summed E-state index contributed by atoms with van der Waals surface area (Å²) >= 11 is 0. The average Bonchev–Trinajstić information content (AvgIpc) is 3.22. The molecule has 0 saturated carbocycles. The maximum atomic E-state index is 12.9. The minimum absolute atomic E-state index is 0.0455. The summed E-state index contributed by atoms with van der Waals surface area (Å²) in [5.41, 5.74) is 1.21. The van der Waals surface area contributed by atoms with Crippen LogP contribution in [-0.4, -0.2) is 52.0 Å². The summed E-state index contributed by atoms with van der Waals surface area (Å²) in [7, 11) is 0. The van der Waals surface area contributed by atoms with Crippen molar-refractivity contribution >= 4 is 5.91 Å². The van der Waals surface area contributed by atoms with Crippen LogP contribution in [0, 0.1) is 6.92 Å². The molecule has 2 heterocycles. The van der Waals surface area contributed by atoms with E-state index >= 15 is 0 Å². The van der Waals surface area contributed by atoms with E-state index in [9.17, 15) is 18.0 Å². The number of piperazine rings is 1. The molecule has 4 rings (SSSR count). The fourth-order valence-electron chi connectivity index (χ4n) is 3.45. The third-order valence-corrected chi connectivity index (χ3v) is 5.23. The van der Waals surface area contributed by atoms with Gasteiger partial charge >= 0.3 is 6.18 Å². The molecule has 2 aromatic carbocycles. The lowest BCUT2D eigenvalue weighted by Crippen LogP contribution is -2.48. The zero-order valence-corrected chi connectivity index (χ0v) is 16.9. The highest BCUT2D eigenvalue weighted by molar-refractivity contribution is 5.94. The zero-order valence-electron chi connectivity index (χ0n) is 16.9. The van der Waals surface area contributed by atoms with Gasteiger partial charge in [0, 0.05) is 37.3 Å². The predicted octanol–water partition coefficient (Wildman–Crippen LogP) is 4.02. The molecule has 3 aromatic rings. The molecule has 0 bridgehead atoms. The van der Waals surface area contributed by atoms with Crippen LogP contribution >= 0.6 is 0 Å². The Morgan fingerprint density at radius 1 is 1.06 bits per heavy atom. The largest absolute Gasteiger partial charge is 0.416 e. The first-order valence-corrected chi connectivity index (χ1v) is 9.88. The van der Waals surface area contributed by atoms with Crippen molar-refractivity contribution in [1.82, 2.24) is 19.9 Å². The summed E-state index contributed by atoms with van der Waals surface area (Å²) in [5, 5.41) is 4.03. The Hall–Kier alpha value is -3.20.